The van der Waals surface area contributed by atoms with Crippen LogP contribution in [-0.4, -0.2) is 11.9 Å². The van der Waals surface area contributed by atoms with Gasteiger partial charge in [-0.25, -0.2) is 0 Å². The van der Waals surface area contributed by atoms with Crippen LogP contribution in [-0.2, 0) is 17.8 Å². The van der Waals surface area contributed by atoms with Crippen molar-refractivity contribution in [3.8, 4) is 6.07 Å². The average Bonchev–Trinajstić information content (AvgIpc) is 2.94. The molecule has 1 aliphatic heterocycles. The topological polar surface area (TPSA) is 64.9 Å². The van der Waals surface area contributed by atoms with Gasteiger partial charge in [-0.05, 0) is 29.0 Å². The number of anilines is 1. The molecule has 0 fully saturated rings. The van der Waals surface area contributed by atoms with Crippen molar-refractivity contribution < 1.29 is 4.79 Å². The number of carbonyl (C=O) groups is 1. The van der Waals surface area contributed by atoms with Crippen LogP contribution in [0.3, 0.4) is 0 Å². The first kappa shape index (κ1) is 12.9. The summed E-state index contributed by atoms with van der Waals surface area (Å²) in [5.74, 6) is -0.0848. The predicted molar refractivity (Wildman–Crippen MR) is 78.4 cm³/mol. The van der Waals surface area contributed by atoms with E-state index in [1.807, 2.05) is 12.1 Å². The number of nitrogens with one attached hydrogen (secondary N) is 2. The zero-order chi connectivity index (χ0) is 13.9. The largest absolute Gasteiger partial charge is 0.315 e. The zero-order valence-electron chi connectivity index (χ0n) is 10.7. The Morgan fingerprint density at radius 2 is 2.15 bits per heavy atom. The van der Waals surface area contributed by atoms with Crippen LogP contribution in [0.1, 0.15) is 16.7 Å². The first-order valence-corrected chi connectivity index (χ1v) is 7.24. The van der Waals surface area contributed by atoms with E-state index in [1.54, 1.807) is 11.4 Å². The molecule has 5 heteroatoms. The molecule has 3 rings (SSSR count). The molecule has 1 amide bonds. The van der Waals surface area contributed by atoms with E-state index in [0.717, 1.165) is 0 Å². The minimum Gasteiger partial charge on any atom is -0.315 e. The van der Waals surface area contributed by atoms with Crippen LogP contribution in [0.15, 0.2) is 35.7 Å². The van der Waals surface area contributed by atoms with Crippen LogP contribution in [0, 0.1) is 11.3 Å². The Bertz CT molecular complexity index is 686. The van der Waals surface area contributed by atoms with Crippen LogP contribution >= 0.6 is 11.3 Å². The van der Waals surface area contributed by atoms with Gasteiger partial charge >= 0.3 is 0 Å². The number of amides is 1. The molecule has 1 aromatic carbocycles. The predicted octanol–water partition coefficient (Wildman–Crippen LogP) is 2.27. The standard InChI is InChI=1S/C15H13N3OS/c16-8-11-5-6-20-15(11)18-14(19)13-7-10-3-1-2-4-12(10)9-17-13/h1-6,13,17H,7,9H2,(H,18,19). The Balaban J connectivity index is 1.72. The van der Waals surface area contributed by atoms with Crippen molar-refractivity contribution in [3.05, 3.63) is 52.4 Å². The third kappa shape index (κ3) is 2.44. The van der Waals surface area contributed by atoms with E-state index in [2.05, 4.69) is 28.8 Å². The summed E-state index contributed by atoms with van der Waals surface area (Å²) in [6.07, 6.45) is 0.676. The Morgan fingerprint density at radius 1 is 1.35 bits per heavy atom. The summed E-state index contributed by atoms with van der Waals surface area (Å²) >= 11 is 1.37. The molecule has 2 N–H and O–H groups in total. The van der Waals surface area contributed by atoms with E-state index >= 15 is 0 Å². The molecule has 2 heterocycles. The lowest BCUT2D eigenvalue weighted by atomic mass is 9.95. The quantitative estimate of drug-likeness (QED) is 0.888. The van der Waals surface area contributed by atoms with E-state index in [4.69, 9.17) is 5.26 Å². The number of hydrogen-bond donors (Lipinski definition) is 2. The number of carbonyl (C=O) groups excluding carboxylic acids is 1. The molecule has 4 nitrogen and oxygen atoms in total. The second-order valence-corrected chi connectivity index (χ2v) is 5.59. The van der Waals surface area contributed by atoms with Crippen molar-refractivity contribution in [1.29, 1.82) is 5.26 Å². The van der Waals surface area contributed by atoms with E-state index in [9.17, 15) is 4.79 Å². The lowest BCUT2D eigenvalue weighted by Crippen LogP contribution is -2.44. The molecule has 2 aromatic rings. The first-order valence-electron chi connectivity index (χ1n) is 6.36. The van der Waals surface area contributed by atoms with Crippen molar-refractivity contribution in [2.45, 2.75) is 19.0 Å². The van der Waals surface area contributed by atoms with Crippen molar-refractivity contribution in [3.63, 3.8) is 0 Å². The maximum Gasteiger partial charge on any atom is 0.242 e. The van der Waals surface area contributed by atoms with Gasteiger partial charge in [-0.3, -0.25) is 4.79 Å². The second-order valence-electron chi connectivity index (χ2n) is 4.67. The van der Waals surface area contributed by atoms with E-state index in [0.29, 0.717) is 23.5 Å². The van der Waals surface area contributed by atoms with Crippen LogP contribution in [0.25, 0.3) is 0 Å². The zero-order valence-corrected chi connectivity index (χ0v) is 11.5. The average molecular weight is 283 g/mol. The van der Waals surface area contributed by atoms with Crippen LogP contribution in [0.4, 0.5) is 5.00 Å². The van der Waals surface area contributed by atoms with E-state index in [-0.39, 0.29) is 11.9 Å². The SMILES string of the molecule is N#Cc1ccsc1NC(=O)C1Cc2ccccc2CN1. The fraction of sp³-hybridized carbons (Fsp3) is 0.200. The fourth-order valence-electron chi connectivity index (χ4n) is 2.33. The Labute approximate surface area is 121 Å². The molecule has 1 aromatic heterocycles. The van der Waals surface area contributed by atoms with Crippen molar-refractivity contribution in [2.75, 3.05) is 5.32 Å². The summed E-state index contributed by atoms with van der Waals surface area (Å²) in [5, 5.41) is 17.4. The highest BCUT2D eigenvalue weighted by Gasteiger charge is 2.24. The minimum atomic E-state index is -0.251. The monoisotopic (exact) mass is 283 g/mol. The molecular weight excluding hydrogens is 270 g/mol. The lowest BCUT2D eigenvalue weighted by molar-refractivity contribution is -0.118. The summed E-state index contributed by atoms with van der Waals surface area (Å²) in [4.78, 5) is 12.3. The van der Waals surface area contributed by atoms with Crippen LogP contribution in [0.2, 0.25) is 0 Å². The molecular formula is C15H13N3OS. The summed E-state index contributed by atoms with van der Waals surface area (Å²) in [7, 11) is 0. The molecule has 0 spiro atoms. The Kier molecular flexibility index (Phi) is 3.50. The normalized spacial score (nSPS) is 17.1. The highest BCUT2D eigenvalue weighted by molar-refractivity contribution is 7.14. The van der Waals surface area contributed by atoms with Gasteiger partial charge in [0.2, 0.25) is 5.91 Å². The van der Waals surface area contributed by atoms with E-state index < -0.39 is 0 Å². The van der Waals surface area contributed by atoms with Gasteiger partial charge in [0.1, 0.15) is 11.1 Å². The van der Waals surface area contributed by atoms with Crippen molar-refractivity contribution in [2.24, 2.45) is 0 Å². The van der Waals surface area contributed by atoms with Gasteiger partial charge in [-0.1, -0.05) is 24.3 Å². The minimum absolute atomic E-state index is 0.0848. The van der Waals surface area contributed by atoms with Gasteiger partial charge < -0.3 is 10.6 Å². The molecule has 0 bridgehead atoms. The molecule has 100 valence electrons. The Morgan fingerprint density at radius 3 is 2.95 bits per heavy atom. The van der Waals surface area contributed by atoms with Gasteiger partial charge in [-0.2, -0.15) is 5.26 Å². The smallest absolute Gasteiger partial charge is 0.242 e. The third-order valence-electron chi connectivity index (χ3n) is 3.42. The highest BCUT2D eigenvalue weighted by Crippen LogP contribution is 2.23. The number of hydrogen-bond acceptors (Lipinski definition) is 4. The molecule has 1 aliphatic rings. The number of benzene rings is 1. The molecule has 1 atom stereocenters. The number of fused-ring (bicyclic) bond motifs is 1. The third-order valence-corrected chi connectivity index (χ3v) is 4.25. The lowest BCUT2D eigenvalue weighted by Gasteiger charge is -2.25. The van der Waals surface area contributed by atoms with Gasteiger partial charge in [0.25, 0.3) is 0 Å². The molecule has 0 saturated heterocycles. The van der Waals surface area contributed by atoms with Crippen LogP contribution in [0.5, 0.6) is 0 Å². The summed E-state index contributed by atoms with van der Waals surface area (Å²) < 4.78 is 0. The maximum atomic E-state index is 12.3. The summed E-state index contributed by atoms with van der Waals surface area (Å²) in [6, 6.07) is 11.7. The van der Waals surface area contributed by atoms with Crippen LogP contribution < -0.4 is 10.6 Å². The second kappa shape index (κ2) is 5.45. The number of nitriles is 1. The fourth-order valence-corrected chi connectivity index (χ4v) is 3.07. The number of thiophene rings is 1. The molecule has 0 radical (unpaired) electrons. The first-order chi connectivity index (χ1) is 9.78. The van der Waals surface area contributed by atoms with E-state index in [1.165, 1.54) is 22.5 Å². The number of rotatable bonds is 2. The molecule has 0 saturated carbocycles. The Hall–Kier alpha value is -2.16. The molecule has 1 unspecified atom stereocenters. The van der Waals surface area contributed by atoms with Gasteiger partial charge in [-0.15, -0.1) is 11.3 Å². The molecule has 0 aliphatic carbocycles. The number of nitrogens with zero attached hydrogens (tertiary/aromatic N) is 1. The van der Waals surface area contributed by atoms with Gasteiger partial charge in [0.05, 0.1) is 11.6 Å². The summed E-state index contributed by atoms with van der Waals surface area (Å²) in [6.45, 7) is 0.698. The van der Waals surface area contributed by atoms with Gasteiger partial charge in [0, 0.05) is 6.54 Å². The maximum absolute atomic E-state index is 12.3. The molecule has 20 heavy (non-hydrogen) atoms. The van der Waals surface area contributed by atoms with Gasteiger partial charge in [0.15, 0.2) is 0 Å². The van der Waals surface area contributed by atoms with Crippen molar-refractivity contribution in [1.82, 2.24) is 5.32 Å². The summed E-state index contributed by atoms with van der Waals surface area (Å²) in [5.41, 5.74) is 2.96. The highest BCUT2D eigenvalue weighted by atomic mass is 32.1. The van der Waals surface area contributed by atoms with Crippen molar-refractivity contribution >= 4 is 22.2 Å².